The first-order valence-corrected chi connectivity index (χ1v) is 5.01. The fraction of sp³-hybridized carbons (Fsp3) is 0.333. The number of hydrogen-bond donors (Lipinski definition) is 0. The van der Waals surface area contributed by atoms with Gasteiger partial charge in [0.1, 0.15) is 0 Å². The number of rotatable bonds is 4. The monoisotopic (exact) mass is 194 g/mol. The van der Waals surface area contributed by atoms with Crippen LogP contribution in [0.1, 0.15) is 25.3 Å². The molecule has 0 spiro atoms. The van der Waals surface area contributed by atoms with Gasteiger partial charge < -0.3 is 0 Å². The van der Waals surface area contributed by atoms with Crippen molar-refractivity contribution < 1.29 is 0 Å². The molecule has 0 heterocycles. The molecular formula is C12H15Cl. The Bertz CT molecular complexity index is 262. The van der Waals surface area contributed by atoms with Crippen molar-refractivity contribution in [3.8, 4) is 0 Å². The minimum Gasteiger partial charge on any atom is -0.123 e. The Morgan fingerprint density at radius 3 is 2.54 bits per heavy atom. The highest BCUT2D eigenvalue weighted by Gasteiger charge is 2.00. The van der Waals surface area contributed by atoms with Gasteiger partial charge in [-0.1, -0.05) is 36.9 Å². The van der Waals surface area contributed by atoms with Gasteiger partial charge in [-0.05, 0) is 30.9 Å². The molecule has 0 N–H and O–H groups in total. The molecule has 1 aromatic carbocycles. The molecule has 0 saturated carbocycles. The third-order valence-electron chi connectivity index (χ3n) is 2.03. The zero-order valence-corrected chi connectivity index (χ0v) is 8.72. The van der Waals surface area contributed by atoms with Crippen LogP contribution in [0.25, 0.3) is 5.57 Å². The first-order chi connectivity index (χ1) is 6.20. The molecule has 0 aliphatic rings. The van der Waals surface area contributed by atoms with E-state index in [0.717, 1.165) is 12.8 Å². The van der Waals surface area contributed by atoms with Crippen LogP contribution in [0.3, 0.4) is 0 Å². The molecule has 0 fully saturated rings. The fourth-order valence-electron chi connectivity index (χ4n) is 1.19. The molecule has 1 heteroatoms. The topological polar surface area (TPSA) is 0 Å². The highest BCUT2D eigenvalue weighted by atomic mass is 35.5. The number of benzene rings is 1. The molecule has 0 aliphatic heterocycles. The number of halogens is 1. The Labute approximate surface area is 85.2 Å². The predicted octanol–water partition coefficient (Wildman–Crippen LogP) is 4.11. The second-order valence-corrected chi connectivity index (χ2v) is 4.03. The quantitative estimate of drug-likeness (QED) is 0.633. The van der Waals surface area contributed by atoms with Crippen molar-refractivity contribution in [2.45, 2.75) is 25.1 Å². The van der Waals surface area contributed by atoms with Gasteiger partial charge in [-0.3, -0.25) is 0 Å². The van der Waals surface area contributed by atoms with Crippen molar-refractivity contribution in [1.29, 1.82) is 0 Å². The maximum Gasteiger partial charge on any atom is 0.0311 e. The number of alkyl halides is 1. The third-order valence-corrected chi connectivity index (χ3v) is 2.24. The summed E-state index contributed by atoms with van der Waals surface area (Å²) in [6.07, 6.45) is 1.98. The van der Waals surface area contributed by atoms with Crippen LogP contribution in [0.15, 0.2) is 36.9 Å². The molecular weight excluding hydrogens is 180 g/mol. The molecule has 0 aliphatic carbocycles. The van der Waals surface area contributed by atoms with Gasteiger partial charge in [-0.2, -0.15) is 0 Å². The van der Waals surface area contributed by atoms with Gasteiger partial charge in [0.15, 0.2) is 0 Å². The van der Waals surface area contributed by atoms with Crippen molar-refractivity contribution >= 4 is 17.2 Å². The molecule has 0 amide bonds. The Kier molecular flexibility index (Phi) is 4.04. The zero-order valence-electron chi connectivity index (χ0n) is 7.96. The van der Waals surface area contributed by atoms with E-state index in [9.17, 15) is 0 Å². The molecule has 0 bridgehead atoms. The van der Waals surface area contributed by atoms with Crippen LogP contribution in [0.2, 0.25) is 0 Å². The summed E-state index contributed by atoms with van der Waals surface area (Å²) >= 11 is 5.87. The summed E-state index contributed by atoms with van der Waals surface area (Å²) in [6, 6.07) is 10.2. The SMILES string of the molecule is C=C(CCC(C)Cl)c1ccccc1. The Hall–Kier alpha value is -0.750. The maximum atomic E-state index is 5.87. The molecule has 0 saturated heterocycles. The van der Waals surface area contributed by atoms with Gasteiger partial charge in [0.2, 0.25) is 0 Å². The maximum absolute atomic E-state index is 5.87. The Balaban J connectivity index is 2.50. The van der Waals surface area contributed by atoms with E-state index in [1.54, 1.807) is 0 Å². The van der Waals surface area contributed by atoms with Crippen LogP contribution in [0, 0.1) is 0 Å². The van der Waals surface area contributed by atoms with E-state index >= 15 is 0 Å². The van der Waals surface area contributed by atoms with Crippen LogP contribution in [0.4, 0.5) is 0 Å². The number of hydrogen-bond acceptors (Lipinski definition) is 0. The normalized spacial score (nSPS) is 12.5. The van der Waals surface area contributed by atoms with E-state index in [2.05, 4.69) is 18.7 Å². The van der Waals surface area contributed by atoms with Crippen molar-refractivity contribution in [2.24, 2.45) is 0 Å². The van der Waals surface area contributed by atoms with E-state index in [4.69, 9.17) is 11.6 Å². The highest BCUT2D eigenvalue weighted by Crippen LogP contribution is 2.19. The largest absolute Gasteiger partial charge is 0.123 e. The van der Waals surface area contributed by atoms with Gasteiger partial charge in [0.25, 0.3) is 0 Å². The molecule has 1 atom stereocenters. The van der Waals surface area contributed by atoms with Crippen LogP contribution >= 0.6 is 11.6 Å². The molecule has 70 valence electrons. The molecule has 13 heavy (non-hydrogen) atoms. The van der Waals surface area contributed by atoms with E-state index in [-0.39, 0.29) is 5.38 Å². The van der Waals surface area contributed by atoms with Gasteiger partial charge >= 0.3 is 0 Å². The average molecular weight is 195 g/mol. The summed E-state index contributed by atoms with van der Waals surface area (Å²) in [5.41, 5.74) is 2.40. The van der Waals surface area contributed by atoms with Crippen LogP contribution in [0.5, 0.6) is 0 Å². The van der Waals surface area contributed by atoms with Crippen molar-refractivity contribution in [3.63, 3.8) is 0 Å². The second-order valence-electron chi connectivity index (χ2n) is 3.29. The summed E-state index contributed by atoms with van der Waals surface area (Å²) in [6.45, 7) is 6.05. The first-order valence-electron chi connectivity index (χ1n) is 4.57. The molecule has 1 aromatic rings. The lowest BCUT2D eigenvalue weighted by Gasteiger charge is -2.06. The van der Waals surface area contributed by atoms with Crippen LogP contribution in [-0.2, 0) is 0 Å². The minimum atomic E-state index is 0.237. The fourth-order valence-corrected chi connectivity index (χ4v) is 1.30. The van der Waals surface area contributed by atoms with E-state index in [1.807, 2.05) is 25.1 Å². The smallest absolute Gasteiger partial charge is 0.0311 e. The zero-order chi connectivity index (χ0) is 9.68. The van der Waals surface area contributed by atoms with Crippen LogP contribution < -0.4 is 0 Å². The lowest BCUT2D eigenvalue weighted by atomic mass is 10.0. The van der Waals surface area contributed by atoms with Crippen molar-refractivity contribution in [2.75, 3.05) is 0 Å². The Morgan fingerprint density at radius 2 is 2.00 bits per heavy atom. The van der Waals surface area contributed by atoms with Crippen molar-refractivity contribution in [3.05, 3.63) is 42.5 Å². The summed E-state index contributed by atoms with van der Waals surface area (Å²) in [4.78, 5) is 0. The standard InChI is InChI=1S/C12H15Cl/c1-10(8-9-11(2)13)12-6-4-3-5-7-12/h3-7,11H,1,8-9H2,2H3. The lowest BCUT2D eigenvalue weighted by Crippen LogP contribution is -1.91. The molecule has 1 rings (SSSR count). The van der Waals surface area contributed by atoms with Gasteiger partial charge in [-0.25, -0.2) is 0 Å². The molecule has 0 radical (unpaired) electrons. The second kappa shape index (κ2) is 5.08. The van der Waals surface area contributed by atoms with E-state index < -0.39 is 0 Å². The van der Waals surface area contributed by atoms with Crippen LogP contribution in [-0.4, -0.2) is 5.38 Å². The summed E-state index contributed by atoms with van der Waals surface area (Å²) in [7, 11) is 0. The third kappa shape index (κ3) is 3.65. The van der Waals surface area contributed by atoms with E-state index in [1.165, 1.54) is 11.1 Å². The highest BCUT2D eigenvalue weighted by molar-refractivity contribution is 6.20. The van der Waals surface area contributed by atoms with E-state index in [0.29, 0.717) is 0 Å². The summed E-state index contributed by atoms with van der Waals surface area (Å²) < 4.78 is 0. The Morgan fingerprint density at radius 1 is 1.38 bits per heavy atom. The summed E-state index contributed by atoms with van der Waals surface area (Å²) in [5, 5.41) is 0.237. The van der Waals surface area contributed by atoms with Crippen molar-refractivity contribution in [1.82, 2.24) is 0 Å². The summed E-state index contributed by atoms with van der Waals surface area (Å²) in [5.74, 6) is 0. The first kappa shape index (κ1) is 10.3. The predicted molar refractivity (Wildman–Crippen MR) is 60.0 cm³/mol. The minimum absolute atomic E-state index is 0.237. The van der Waals surface area contributed by atoms with Gasteiger partial charge in [0, 0.05) is 5.38 Å². The number of allylic oxidation sites excluding steroid dienone is 1. The lowest BCUT2D eigenvalue weighted by molar-refractivity contribution is 0.834. The molecule has 0 aromatic heterocycles. The molecule has 1 unspecified atom stereocenters. The average Bonchev–Trinajstić information content (AvgIpc) is 2.15. The van der Waals surface area contributed by atoms with Gasteiger partial charge in [-0.15, -0.1) is 11.6 Å². The van der Waals surface area contributed by atoms with Gasteiger partial charge in [0.05, 0.1) is 0 Å². The molecule has 0 nitrogen and oxygen atoms in total.